The van der Waals surface area contributed by atoms with Gasteiger partial charge in [0, 0.05) is 0 Å². The fourth-order valence-electron chi connectivity index (χ4n) is 3.57. The van der Waals surface area contributed by atoms with Crippen molar-refractivity contribution in [3.8, 4) is 0 Å². The van der Waals surface area contributed by atoms with Gasteiger partial charge in [0.05, 0.1) is 0 Å². The van der Waals surface area contributed by atoms with E-state index in [0.29, 0.717) is 31.1 Å². The molecule has 0 N–H and O–H groups in total. The molecule has 2 aliphatic rings. The number of rotatable bonds is 1. The van der Waals surface area contributed by atoms with Crippen LogP contribution in [0.25, 0.3) is 0 Å². The Kier molecular flexibility index (Phi) is 3.63. The summed E-state index contributed by atoms with van der Waals surface area (Å²) in [5, 5.41) is 0. The summed E-state index contributed by atoms with van der Waals surface area (Å²) in [4.78, 5) is 0. The molecule has 0 nitrogen and oxygen atoms in total. The van der Waals surface area contributed by atoms with Crippen LogP contribution in [0.2, 0.25) is 0 Å². The summed E-state index contributed by atoms with van der Waals surface area (Å²) in [7, 11) is 0. The molecule has 0 aromatic heterocycles. The molecule has 2 heteroatoms. The molecule has 2 saturated carbocycles. The topological polar surface area (TPSA) is 0 Å². The zero-order valence-electron chi connectivity index (χ0n) is 9.59. The highest BCUT2D eigenvalue weighted by Gasteiger charge is 2.36. The Morgan fingerprint density at radius 2 is 1.67 bits per heavy atom. The van der Waals surface area contributed by atoms with Gasteiger partial charge < -0.3 is 0 Å². The van der Waals surface area contributed by atoms with Gasteiger partial charge in [0.1, 0.15) is 12.3 Å². The maximum atomic E-state index is 13.8. The Morgan fingerprint density at radius 3 is 2.33 bits per heavy atom. The first-order valence-corrected chi connectivity index (χ1v) is 6.45. The average molecular weight is 216 g/mol. The third kappa shape index (κ3) is 2.70. The van der Waals surface area contributed by atoms with Crippen LogP contribution in [0, 0.1) is 17.8 Å². The average Bonchev–Trinajstić information content (AvgIpc) is 2.16. The molecule has 5 atom stereocenters. The summed E-state index contributed by atoms with van der Waals surface area (Å²) in [6.45, 7) is 2.11. The second-order valence-electron chi connectivity index (χ2n) is 5.63. The van der Waals surface area contributed by atoms with E-state index in [-0.39, 0.29) is 5.92 Å². The Balaban J connectivity index is 1.95. The van der Waals surface area contributed by atoms with Gasteiger partial charge in [-0.3, -0.25) is 0 Å². The normalized spacial score (nSPS) is 47.8. The van der Waals surface area contributed by atoms with E-state index in [0.717, 1.165) is 25.7 Å². The lowest BCUT2D eigenvalue weighted by Crippen LogP contribution is -2.34. The van der Waals surface area contributed by atoms with Crippen LogP contribution < -0.4 is 0 Å². The molecular weight excluding hydrogens is 194 g/mol. The van der Waals surface area contributed by atoms with Gasteiger partial charge in [-0.1, -0.05) is 19.8 Å². The van der Waals surface area contributed by atoms with Crippen molar-refractivity contribution in [2.45, 2.75) is 64.2 Å². The third-order valence-corrected chi connectivity index (χ3v) is 4.26. The fourth-order valence-corrected chi connectivity index (χ4v) is 3.57. The quantitative estimate of drug-likeness (QED) is 0.613. The SMILES string of the molecule is CC1CC(F)CC(C2CCCCC2F)C1. The number of hydrogen-bond acceptors (Lipinski definition) is 0. The summed E-state index contributed by atoms with van der Waals surface area (Å²) in [6.07, 6.45) is 4.92. The van der Waals surface area contributed by atoms with Crippen LogP contribution in [0.1, 0.15) is 51.9 Å². The van der Waals surface area contributed by atoms with Gasteiger partial charge in [0.25, 0.3) is 0 Å². The Hall–Kier alpha value is -0.140. The molecule has 0 aromatic rings. The van der Waals surface area contributed by atoms with Crippen molar-refractivity contribution in [2.75, 3.05) is 0 Å². The molecule has 0 amide bonds. The minimum absolute atomic E-state index is 0.166. The van der Waals surface area contributed by atoms with Gasteiger partial charge in [-0.05, 0) is 49.9 Å². The van der Waals surface area contributed by atoms with Crippen molar-refractivity contribution in [3.63, 3.8) is 0 Å². The van der Waals surface area contributed by atoms with Crippen LogP contribution in [0.5, 0.6) is 0 Å². The van der Waals surface area contributed by atoms with Crippen LogP contribution in [0.15, 0.2) is 0 Å². The predicted molar refractivity (Wildman–Crippen MR) is 58.3 cm³/mol. The number of alkyl halides is 2. The van der Waals surface area contributed by atoms with Gasteiger partial charge in [-0.25, -0.2) is 8.78 Å². The van der Waals surface area contributed by atoms with E-state index in [9.17, 15) is 8.78 Å². The summed E-state index contributed by atoms with van der Waals surface area (Å²) in [5.41, 5.74) is 0. The molecule has 2 rings (SSSR count). The van der Waals surface area contributed by atoms with Gasteiger partial charge >= 0.3 is 0 Å². The molecular formula is C13H22F2. The highest BCUT2D eigenvalue weighted by atomic mass is 19.1. The zero-order valence-corrected chi connectivity index (χ0v) is 9.59. The first-order valence-electron chi connectivity index (χ1n) is 6.45. The zero-order chi connectivity index (χ0) is 10.8. The van der Waals surface area contributed by atoms with E-state index in [1.807, 2.05) is 0 Å². The highest BCUT2D eigenvalue weighted by molar-refractivity contribution is 4.86. The van der Waals surface area contributed by atoms with Crippen molar-refractivity contribution in [1.29, 1.82) is 0 Å². The first-order chi connectivity index (χ1) is 7.16. The second-order valence-corrected chi connectivity index (χ2v) is 5.63. The smallest absolute Gasteiger partial charge is 0.103 e. The monoisotopic (exact) mass is 216 g/mol. The summed E-state index contributed by atoms with van der Waals surface area (Å²) >= 11 is 0. The van der Waals surface area contributed by atoms with Crippen molar-refractivity contribution >= 4 is 0 Å². The van der Waals surface area contributed by atoms with E-state index < -0.39 is 12.3 Å². The van der Waals surface area contributed by atoms with E-state index in [4.69, 9.17) is 0 Å². The van der Waals surface area contributed by atoms with Gasteiger partial charge in [-0.15, -0.1) is 0 Å². The summed E-state index contributed by atoms with van der Waals surface area (Å²) in [5.74, 6) is 0.937. The second kappa shape index (κ2) is 4.80. The maximum absolute atomic E-state index is 13.8. The minimum atomic E-state index is -0.673. The van der Waals surface area contributed by atoms with Gasteiger partial charge in [0.15, 0.2) is 0 Å². The standard InChI is InChI=1S/C13H22F2/c1-9-6-10(8-11(14)7-9)12-4-2-3-5-13(12)15/h9-13H,2-8H2,1H3. The first kappa shape index (κ1) is 11.3. The van der Waals surface area contributed by atoms with Crippen LogP contribution in [-0.2, 0) is 0 Å². The van der Waals surface area contributed by atoms with Crippen LogP contribution in [0.4, 0.5) is 8.78 Å². The maximum Gasteiger partial charge on any atom is 0.103 e. The van der Waals surface area contributed by atoms with E-state index in [1.165, 1.54) is 0 Å². The highest BCUT2D eigenvalue weighted by Crippen LogP contribution is 2.42. The van der Waals surface area contributed by atoms with Crippen molar-refractivity contribution < 1.29 is 8.78 Å². The number of hydrogen-bond donors (Lipinski definition) is 0. The molecule has 0 aromatic carbocycles. The van der Waals surface area contributed by atoms with Crippen LogP contribution in [-0.4, -0.2) is 12.3 Å². The lowest BCUT2D eigenvalue weighted by molar-refractivity contribution is 0.0507. The van der Waals surface area contributed by atoms with Gasteiger partial charge in [-0.2, -0.15) is 0 Å². The molecule has 0 radical (unpaired) electrons. The van der Waals surface area contributed by atoms with Crippen LogP contribution >= 0.6 is 0 Å². The Morgan fingerprint density at radius 1 is 0.933 bits per heavy atom. The van der Waals surface area contributed by atoms with E-state index in [1.54, 1.807) is 0 Å². The molecule has 5 unspecified atom stereocenters. The third-order valence-electron chi connectivity index (χ3n) is 4.26. The Bertz CT molecular complexity index is 195. The van der Waals surface area contributed by atoms with Gasteiger partial charge in [0.2, 0.25) is 0 Å². The molecule has 0 bridgehead atoms. The molecule has 0 aliphatic heterocycles. The lowest BCUT2D eigenvalue weighted by Gasteiger charge is -2.38. The summed E-state index contributed by atoms with van der Waals surface area (Å²) < 4.78 is 27.2. The molecule has 0 heterocycles. The van der Waals surface area contributed by atoms with Crippen molar-refractivity contribution in [1.82, 2.24) is 0 Å². The fraction of sp³-hybridized carbons (Fsp3) is 1.00. The molecule has 0 saturated heterocycles. The lowest BCUT2D eigenvalue weighted by atomic mass is 9.69. The van der Waals surface area contributed by atoms with E-state index in [2.05, 4.69) is 6.92 Å². The van der Waals surface area contributed by atoms with Crippen molar-refractivity contribution in [3.05, 3.63) is 0 Å². The molecule has 2 aliphatic carbocycles. The Labute approximate surface area is 91.4 Å². The van der Waals surface area contributed by atoms with Crippen LogP contribution in [0.3, 0.4) is 0 Å². The largest absolute Gasteiger partial charge is 0.247 e. The summed E-state index contributed by atoms with van der Waals surface area (Å²) in [6, 6.07) is 0. The van der Waals surface area contributed by atoms with Crippen molar-refractivity contribution in [2.24, 2.45) is 17.8 Å². The molecule has 88 valence electrons. The molecule has 0 spiro atoms. The minimum Gasteiger partial charge on any atom is -0.247 e. The molecule has 15 heavy (non-hydrogen) atoms. The molecule has 2 fully saturated rings. The predicted octanol–water partition coefficient (Wildman–Crippen LogP) is 4.29. The number of halogens is 2. The van der Waals surface area contributed by atoms with E-state index >= 15 is 0 Å².